The molecule has 10 N–H and O–H groups in total. The Balaban J connectivity index is 5.47. The molecule has 0 rings (SSSR count). The summed E-state index contributed by atoms with van der Waals surface area (Å²) >= 11 is 1.37. The van der Waals surface area contributed by atoms with Gasteiger partial charge in [-0.1, -0.05) is 0 Å². The molecule has 0 aromatic rings. The van der Waals surface area contributed by atoms with Crippen LogP contribution in [0, 0.1) is 0 Å². The summed E-state index contributed by atoms with van der Waals surface area (Å²) in [7, 11) is 0. The van der Waals surface area contributed by atoms with Crippen LogP contribution in [0.2, 0.25) is 0 Å². The quantitative estimate of drug-likeness (QED) is 0.0865. The molecule has 0 aliphatic heterocycles. The molecule has 15 heteroatoms. The standard InChI is InChI=1S/C20H35N5O9S/c1-35-9-7-13(19(32)25-14(20(33)34)10-16(28)29)24-18(31)12(4-2-3-8-21)23-17(30)11(22)5-6-15(26)27/h11-14H,2-10,21-22H2,1H3,(H,23,30)(H,24,31)(H,25,32)(H,26,27)(H,28,29)(H,33,34). The molecule has 3 amide bonds. The summed E-state index contributed by atoms with van der Waals surface area (Å²) in [6.07, 6.45) is 1.71. The molecule has 0 saturated heterocycles. The van der Waals surface area contributed by atoms with E-state index in [1.165, 1.54) is 11.8 Å². The van der Waals surface area contributed by atoms with Crippen LogP contribution in [0.1, 0.15) is 44.9 Å². The van der Waals surface area contributed by atoms with Gasteiger partial charge in [0.25, 0.3) is 0 Å². The number of nitrogens with two attached hydrogens (primary N) is 2. The molecule has 200 valence electrons. The molecule has 14 nitrogen and oxygen atoms in total. The minimum absolute atomic E-state index is 0.111. The van der Waals surface area contributed by atoms with E-state index in [1.807, 2.05) is 0 Å². The van der Waals surface area contributed by atoms with Crippen LogP contribution >= 0.6 is 11.8 Å². The third-order valence-corrected chi connectivity index (χ3v) is 5.47. The number of carboxylic acid groups (broad SMARTS) is 3. The van der Waals surface area contributed by atoms with Crippen molar-refractivity contribution in [3.8, 4) is 0 Å². The summed E-state index contributed by atoms with van der Waals surface area (Å²) < 4.78 is 0. The number of unbranched alkanes of at least 4 members (excludes halogenated alkanes) is 1. The number of thioether (sulfide) groups is 1. The zero-order valence-corrected chi connectivity index (χ0v) is 20.3. The van der Waals surface area contributed by atoms with Gasteiger partial charge in [-0.05, 0) is 50.7 Å². The number of aliphatic carboxylic acids is 3. The predicted octanol–water partition coefficient (Wildman–Crippen LogP) is -1.93. The Kier molecular flexibility index (Phi) is 16.1. The van der Waals surface area contributed by atoms with Crippen LogP contribution in [0.15, 0.2) is 0 Å². The first-order valence-electron chi connectivity index (χ1n) is 10.9. The number of carbonyl (C=O) groups is 6. The largest absolute Gasteiger partial charge is 0.481 e. The number of carbonyl (C=O) groups excluding carboxylic acids is 3. The number of carboxylic acids is 3. The normalized spacial score (nSPS) is 14.1. The molecule has 0 spiro atoms. The predicted molar refractivity (Wildman–Crippen MR) is 126 cm³/mol. The Morgan fingerprint density at radius 2 is 1.31 bits per heavy atom. The Morgan fingerprint density at radius 1 is 0.771 bits per heavy atom. The van der Waals surface area contributed by atoms with Gasteiger partial charge in [0.05, 0.1) is 12.5 Å². The molecule has 0 aromatic heterocycles. The van der Waals surface area contributed by atoms with Crippen LogP contribution < -0.4 is 27.4 Å². The lowest BCUT2D eigenvalue weighted by molar-refractivity contribution is -0.147. The zero-order chi connectivity index (χ0) is 27.0. The maximum Gasteiger partial charge on any atom is 0.326 e. The SMILES string of the molecule is CSCCC(NC(=O)C(CCCCN)NC(=O)C(N)CCC(=O)O)C(=O)NC(CC(=O)O)C(=O)O. The Labute approximate surface area is 206 Å². The van der Waals surface area contributed by atoms with Crippen molar-refractivity contribution in [1.29, 1.82) is 0 Å². The second-order valence-electron chi connectivity index (χ2n) is 7.72. The molecule has 0 aliphatic rings. The second kappa shape index (κ2) is 17.5. The van der Waals surface area contributed by atoms with Crippen LogP contribution in [0.5, 0.6) is 0 Å². The summed E-state index contributed by atoms with van der Waals surface area (Å²) in [5.41, 5.74) is 11.2. The Morgan fingerprint density at radius 3 is 1.80 bits per heavy atom. The third-order valence-electron chi connectivity index (χ3n) is 4.82. The average Bonchev–Trinajstić information content (AvgIpc) is 2.78. The van der Waals surface area contributed by atoms with E-state index in [-0.39, 0.29) is 25.7 Å². The van der Waals surface area contributed by atoms with Crippen molar-refractivity contribution in [2.24, 2.45) is 11.5 Å². The summed E-state index contributed by atoms with van der Waals surface area (Å²) in [5, 5.41) is 33.9. The number of amides is 3. The molecule has 0 aromatic carbocycles. The monoisotopic (exact) mass is 521 g/mol. The van der Waals surface area contributed by atoms with Gasteiger partial charge in [0.1, 0.15) is 18.1 Å². The van der Waals surface area contributed by atoms with Crippen LogP contribution in [0.25, 0.3) is 0 Å². The van der Waals surface area contributed by atoms with E-state index in [9.17, 15) is 33.9 Å². The van der Waals surface area contributed by atoms with Gasteiger partial charge in [0.2, 0.25) is 17.7 Å². The van der Waals surface area contributed by atoms with Gasteiger partial charge < -0.3 is 42.7 Å². The van der Waals surface area contributed by atoms with E-state index in [1.54, 1.807) is 6.26 Å². The number of rotatable bonds is 19. The van der Waals surface area contributed by atoms with Gasteiger partial charge in [0, 0.05) is 6.42 Å². The summed E-state index contributed by atoms with van der Waals surface area (Å²) in [5.74, 6) is -6.03. The minimum atomic E-state index is -1.69. The first-order valence-corrected chi connectivity index (χ1v) is 12.3. The van der Waals surface area contributed by atoms with Gasteiger partial charge in [-0.15, -0.1) is 0 Å². The molecule has 0 radical (unpaired) electrons. The van der Waals surface area contributed by atoms with E-state index in [4.69, 9.17) is 21.7 Å². The van der Waals surface area contributed by atoms with Gasteiger partial charge >= 0.3 is 17.9 Å². The lowest BCUT2D eigenvalue weighted by Crippen LogP contribution is -2.57. The Hall–Kier alpha value is -2.91. The highest BCUT2D eigenvalue weighted by molar-refractivity contribution is 7.98. The highest BCUT2D eigenvalue weighted by atomic mass is 32.2. The molecule has 35 heavy (non-hydrogen) atoms. The van der Waals surface area contributed by atoms with Crippen molar-refractivity contribution < 1.29 is 44.1 Å². The van der Waals surface area contributed by atoms with E-state index in [2.05, 4.69) is 16.0 Å². The molecule has 0 bridgehead atoms. The molecule has 0 fully saturated rings. The lowest BCUT2D eigenvalue weighted by Gasteiger charge is -2.25. The van der Waals surface area contributed by atoms with E-state index >= 15 is 0 Å². The highest BCUT2D eigenvalue weighted by Gasteiger charge is 2.30. The van der Waals surface area contributed by atoms with Crippen molar-refractivity contribution in [3.05, 3.63) is 0 Å². The molecular formula is C20H35N5O9S. The fraction of sp³-hybridized carbons (Fsp3) is 0.700. The number of hydrogen-bond donors (Lipinski definition) is 8. The Bertz CT molecular complexity index is 752. The highest BCUT2D eigenvalue weighted by Crippen LogP contribution is 2.07. The first kappa shape index (κ1) is 32.1. The van der Waals surface area contributed by atoms with E-state index < -0.39 is 66.2 Å². The molecular weight excluding hydrogens is 486 g/mol. The fourth-order valence-electron chi connectivity index (χ4n) is 2.87. The first-order chi connectivity index (χ1) is 16.4. The van der Waals surface area contributed by atoms with Gasteiger partial charge in [-0.2, -0.15) is 11.8 Å². The number of hydrogen-bond acceptors (Lipinski definition) is 9. The maximum absolute atomic E-state index is 12.9. The van der Waals surface area contributed by atoms with E-state index in [0.717, 1.165) is 0 Å². The van der Waals surface area contributed by atoms with Crippen molar-refractivity contribution >= 4 is 47.4 Å². The topological polar surface area (TPSA) is 251 Å². The van der Waals surface area contributed by atoms with Crippen molar-refractivity contribution in [3.63, 3.8) is 0 Å². The van der Waals surface area contributed by atoms with Crippen LogP contribution in [-0.4, -0.2) is 93.7 Å². The zero-order valence-electron chi connectivity index (χ0n) is 19.5. The molecule has 0 heterocycles. The molecule has 0 saturated carbocycles. The van der Waals surface area contributed by atoms with Crippen LogP contribution in [-0.2, 0) is 28.8 Å². The van der Waals surface area contributed by atoms with Crippen LogP contribution in [0.4, 0.5) is 0 Å². The van der Waals surface area contributed by atoms with Gasteiger partial charge in [0.15, 0.2) is 0 Å². The van der Waals surface area contributed by atoms with Crippen molar-refractivity contribution in [1.82, 2.24) is 16.0 Å². The number of nitrogens with one attached hydrogen (secondary N) is 3. The maximum atomic E-state index is 12.9. The van der Waals surface area contributed by atoms with Gasteiger partial charge in [-0.25, -0.2) is 4.79 Å². The smallest absolute Gasteiger partial charge is 0.326 e. The van der Waals surface area contributed by atoms with Crippen molar-refractivity contribution in [2.45, 2.75) is 69.1 Å². The van der Waals surface area contributed by atoms with Crippen molar-refractivity contribution in [2.75, 3.05) is 18.6 Å². The second-order valence-corrected chi connectivity index (χ2v) is 8.71. The molecule has 4 atom stereocenters. The van der Waals surface area contributed by atoms with E-state index in [0.29, 0.717) is 25.1 Å². The summed E-state index contributed by atoms with van der Waals surface area (Å²) in [6, 6.07) is -5.16. The third kappa shape index (κ3) is 14.2. The summed E-state index contributed by atoms with van der Waals surface area (Å²) in [6.45, 7) is 0.347. The van der Waals surface area contributed by atoms with Gasteiger partial charge in [-0.3, -0.25) is 24.0 Å². The van der Waals surface area contributed by atoms with Crippen LogP contribution in [0.3, 0.4) is 0 Å². The fourth-order valence-corrected chi connectivity index (χ4v) is 3.35. The molecule has 0 aliphatic carbocycles. The lowest BCUT2D eigenvalue weighted by atomic mass is 10.1. The molecule has 4 unspecified atom stereocenters. The minimum Gasteiger partial charge on any atom is -0.481 e. The summed E-state index contributed by atoms with van der Waals surface area (Å²) in [4.78, 5) is 70.9. The average molecular weight is 522 g/mol.